The highest BCUT2D eigenvalue weighted by Gasteiger charge is 2.45. The van der Waals surface area contributed by atoms with E-state index in [1.54, 1.807) is 0 Å². The average molecular weight is 284 g/mol. The molecule has 19 heavy (non-hydrogen) atoms. The van der Waals surface area contributed by atoms with Gasteiger partial charge in [0.25, 0.3) is 0 Å². The predicted molar refractivity (Wildman–Crippen MR) is 82.2 cm³/mol. The summed E-state index contributed by atoms with van der Waals surface area (Å²) in [5.41, 5.74) is 0. The molecule has 0 aromatic carbocycles. The summed E-state index contributed by atoms with van der Waals surface area (Å²) >= 11 is 1.83. The van der Waals surface area contributed by atoms with Crippen LogP contribution in [-0.4, -0.2) is 41.1 Å². The summed E-state index contributed by atoms with van der Waals surface area (Å²) in [6, 6.07) is 0.360. The van der Waals surface area contributed by atoms with Crippen molar-refractivity contribution >= 4 is 17.7 Å². The van der Waals surface area contributed by atoms with Gasteiger partial charge in [-0.15, -0.1) is 0 Å². The molecule has 0 radical (unpaired) electrons. The van der Waals surface area contributed by atoms with Crippen molar-refractivity contribution in [1.29, 1.82) is 0 Å². The lowest BCUT2D eigenvalue weighted by atomic mass is 10.0. The molecular formula is C15H28N2OS. The summed E-state index contributed by atoms with van der Waals surface area (Å²) in [6.07, 6.45) is 7.61. The summed E-state index contributed by atoms with van der Waals surface area (Å²) in [4.78, 5) is 14.8. The lowest BCUT2D eigenvalue weighted by Crippen LogP contribution is -2.47. The lowest BCUT2D eigenvalue weighted by molar-refractivity contribution is -0.132. The predicted octanol–water partition coefficient (Wildman–Crippen LogP) is 2.71. The topological polar surface area (TPSA) is 32.3 Å². The average Bonchev–Trinajstić information content (AvgIpc) is 2.95. The van der Waals surface area contributed by atoms with Crippen molar-refractivity contribution in [2.75, 3.05) is 12.0 Å². The number of nitrogens with one attached hydrogen (secondary N) is 1. The van der Waals surface area contributed by atoms with Gasteiger partial charge in [0.2, 0.25) is 5.91 Å². The van der Waals surface area contributed by atoms with Crippen molar-refractivity contribution in [2.24, 2.45) is 11.8 Å². The summed E-state index contributed by atoms with van der Waals surface area (Å²) in [6.45, 7) is 6.48. The third kappa shape index (κ3) is 3.10. The summed E-state index contributed by atoms with van der Waals surface area (Å²) < 4.78 is 0. The van der Waals surface area contributed by atoms with Crippen LogP contribution in [0.4, 0.5) is 0 Å². The van der Waals surface area contributed by atoms with E-state index in [0.717, 1.165) is 5.75 Å². The Bertz CT molecular complexity index is 315. The van der Waals surface area contributed by atoms with Crippen LogP contribution in [0.3, 0.4) is 0 Å². The highest BCUT2D eigenvalue weighted by molar-refractivity contribution is 7.98. The van der Waals surface area contributed by atoms with Gasteiger partial charge in [-0.3, -0.25) is 10.1 Å². The van der Waals surface area contributed by atoms with Gasteiger partial charge in [-0.2, -0.15) is 11.8 Å². The highest BCUT2D eigenvalue weighted by Crippen LogP contribution is 2.34. The monoisotopic (exact) mass is 284 g/mol. The van der Waals surface area contributed by atoms with E-state index in [4.69, 9.17) is 0 Å². The molecule has 3 nitrogen and oxygen atoms in total. The van der Waals surface area contributed by atoms with Crippen LogP contribution < -0.4 is 5.32 Å². The molecule has 1 N–H and O–H groups in total. The number of thioether (sulfide) groups is 1. The number of nitrogens with zero attached hydrogens (tertiary/aromatic N) is 1. The molecule has 2 fully saturated rings. The maximum absolute atomic E-state index is 12.7. The molecule has 4 heteroatoms. The Hall–Kier alpha value is -0.220. The largest absolute Gasteiger partial charge is 0.322 e. The molecule has 2 aliphatic rings. The van der Waals surface area contributed by atoms with Crippen LogP contribution in [0, 0.1) is 11.8 Å². The first-order chi connectivity index (χ1) is 9.06. The van der Waals surface area contributed by atoms with Gasteiger partial charge in [0, 0.05) is 11.8 Å². The van der Waals surface area contributed by atoms with Crippen molar-refractivity contribution in [3.05, 3.63) is 0 Å². The van der Waals surface area contributed by atoms with Crippen LogP contribution in [0.2, 0.25) is 0 Å². The molecular weight excluding hydrogens is 256 g/mol. The summed E-state index contributed by atoms with van der Waals surface area (Å²) in [7, 11) is 0. The molecule has 0 aromatic rings. The van der Waals surface area contributed by atoms with E-state index < -0.39 is 0 Å². The van der Waals surface area contributed by atoms with Gasteiger partial charge >= 0.3 is 0 Å². The van der Waals surface area contributed by atoms with Gasteiger partial charge in [-0.05, 0) is 37.9 Å². The number of carbonyl (C=O) groups is 1. The summed E-state index contributed by atoms with van der Waals surface area (Å²) in [5, 5.41) is 3.64. The summed E-state index contributed by atoms with van der Waals surface area (Å²) in [5.74, 6) is 2.40. The van der Waals surface area contributed by atoms with Crippen molar-refractivity contribution < 1.29 is 4.79 Å². The smallest absolute Gasteiger partial charge is 0.241 e. The van der Waals surface area contributed by atoms with Crippen LogP contribution in [-0.2, 0) is 4.79 Å². The highest BCUT2D eigenvalue weighted by atomic mass is 32.2. The van der Waals surface area contributed by atoms with Crippen molar-refractivity contribution in [1.82, 2.24) is 10.2 Å². The molecule has 0 bridgehead atoms. The molecule has 1 aliphatic carbocycles. The van der Waals surface area contributed by atoms with Gasteiger partial charge in [0.05, 0.1) is 12.2 Å². The van der Waals surface area contributed by atoms with Crippen LogP contribution in [0.1, 0.15) is 46.5 Å². The minimum absolute atomic E-state index is 0.0231. The third-order valence-electron chi connectivity index (χ3n) is 4.57. The number of hydrogen-bond acceptors (Lipinski definition) is 3. The molecule has 0 aromatic heterocycles. The van der Waals surface area contributed by atoms with Crippen molar-refractivity contribution in [3.63, 3.8) is 0 Å². The fourth-order valence-electron chi connectivity index (χ4n) is 3.56. The molecule has 1 aliphatic heterocycles. The van der Waals surface area contributed by atoms with E-state index in [0.29, 0.717) is 23.8 Å². The molecule has 3 atom stereocenters. The Balaban J connectivity index is 2.15. The van der Waals surface area contributed by atoms with Gasteiger partial charge in [-0.25, -0.2) is 0 Å². The van der Waals surface area contributed by atoms with Gasteiger partial charge in [0.1, 0.15) is 0 Å². The van der Waals surface area contributed by atoms with Crippen LogP contribution in [0.15, 0.2) is 0 Å². The second kappa shape index (κ2) is 6.49. The van der Waals surface area contributed by atoms with Gasteiger partial charge in [-0.1, -0.05) is 26.7 Å². The third-order valence-corrected chi connectivity index (χ3v) is 5.38. The number of rotatable bonds is 5. The minimum atomic E-state index is 0.0231. The normalized spacial score (nSPS) is 30.6. The molecule has 0 spiro atoms. The van der Waals surface area contributed by atoms with Crippen molar-refractivity contribution in [3.8, 4) is 0 Å². The second-order valence-electron chi connectivity index (χ2n) is 6.43. The van der Waals surface area contributed by atoms with Crippen LogP contribution >= 0.6 is 11.8 Å². The van der Waals surface area contributed by atoms with E-state index in [-0.39, 0.29) is 12.2 Å². The Morgan fingerprint density at radius 3 is 2.47 bits per heavy atom. The molecule has 2 rings (SSSR count). The maximum atomic E-state index is 12.7. The number of carbonyl (C=O) groups excluding carboxylic acids is 1. The standard InChI is InChI=1S/C15H28N2OS/c1-10(2)13-15(18)17(11(3)9-19-4)14(16-13)12-7-5-6-8-12/h10-14,16H,5-9H2,1-4H3. The minimum Gasteiger partial charge on any atom is -0.322 e. The lowest BCUT2D eigenvalue weighted by Gasteiger charge is -2.33. The second-order valence-corrected chi connectivity index (χ2v) is 7.34. The zero-order valence-corrected chi connectivity index (χ0v) is 13.5. The van der Waals surface area contributed by atoms with Gasteiger partial charge in [0.15, 0.2) is 0 Å². The molecule has 1 amide bonds. The Kier molecular flexibility index (Phi) is 5.18. The molecule has 1 saturated heterocycles. The first-order valence-electron chi connectivity index (χ1n) is 7.63. The SMILES string of the molecule is CSCC(C)N1C(=O)C(C(C)C)NC1C1CCCC1. The molecule has 1 heterocycles. The molecule has 110 valence electrons. The quantitative estimate of drug-likeness (QED) is 0.842. The Morgan fingerprint density at radius 2 is 1.95 bits per heavy atom. The van der Waals surface area contributed by atoms with E-state index in [9.17, 15) is 4.79 Å². The zero-order chi connectivity index (χ0) is 14.0. The molecule has 3 unspecified atom stereocenters. The zero-order valence-electron chi connectivity index (χ0n) is 12.7. The Labute approximate surface area is 121 Å². The van der Waals surface area contributed by atoms with E-state index in [1.165, 1.54) is 25.7 Å². The van der Waals surface area contributed by atoms with Crippen LogP contribution in [0.5, 0.6) is 0 Å². The van der Waals surface area contributed by atoms with Crippen LogP contribution in [0.25, 0.3) is 0 Å². The Morgan fingerprint density at radius 1 is 1.32 bits per heavy atom. The fourth-order valence-corrected chi connectivity index (χ4v) is 4.20. The van der Waals surface area contributed by atoms with Crippen molar-refractivity contribution in [2.45, 2.75) is 64.7 Å². The number of amides is 1. The number of hydrogen-bond donors (Lipinski definition) is 1. The maximum Gasteiger partial charge on any atom is 0.241 e. The molecule has 1 saturated carbocycles. The first-order valence-corrected chi connectivity index (χ1v) is 9.02. The van der Waals surface area contributed by atoms with Gasteiger partial charge < -0.3 is 4.90 Å². The van der Waals surface area contributed by atoms with E-state index in [1.807, 2.05) is 11.8 Å². The van der Waals surface area contributed by atoms with E-state index in [2.05, 4.69) is 37.2 Å². The fraction of sp³-hybridized carbons (Fsp3) is 0.933. The van der Waals surface area contributed by atoms with E-state index >= 15 is 0 Å². The first kappa shape index (κ1) is 15.2.